The molecule has 3 fully saturated rings. The molecule has 1 aromatic carbocycles. The van der Waals surface area contributed by atoms with Crippen LogP contribution in [-0.4, -0.2) is 78.9 Å². The third-order valence-electron chi connectivity index (χ3n) is 7.92. The normalized spacial score (nSPS) is 22.9. The molecular formula is C26H34N4O5. The highest BCUT2D eigenvalue weighted by Gasteiger charge is 2.37. The summed E-state index contributed by atoms with van der Waals surface area (Å²) in [4.78, 5) is 56.4. The summed E-state index contributed by atoms with van der Waals surface area (Å²) in [5.41, 5.74) is 2.25. The molecule has 5 rings (SSSR count). The maximum Gasteiger partial charge on any atom is 0.309 e. The average Bonchev–Trinajstić information content (AvgIpc) is 3.39. The van der Waals surface area contributed by atoms with Crippen molar-refractivity contribution in [1.29, 1.82) is 0 Å². The van der Waals surface area contributed by atoms with Gasteiger partial charge in [0.25, 0.3) is 5.91 Å². The lowest BCUT2D eigenvalue weighted by Crippen LogP contribution is -2.47. The lowest BCUT2D eigenvalue weighted by molar-refractivity contribution is -0.152. The van der Waals surface area contributed by atoms with E-state index >= 15 is 0 Å². The minimum Gasteiger partial charge on any atom is -0.466 e. The van der Waals surface area contributed by atoms with Gasteiger partial charge in [0, 0.05) is 44.2 Å². The number of fused-ring (bicyclic) bond motifs is 3. The van der Waals surface area contributed by atoms with Gasteiger partial charge in [-0.05, 0) is 63.6 Å². The number of carbonyl (C=O) groups is 4. The van der Waals surface area contributed by atoms with E-state index in [4.69, 9.17) is 4.74 Å². The molecule has 0 aliphatic carbocycles. The molecule has 0 saturated carbocycles. The Morgan fingerprint density at radius 1 is 0.943 bits per heavy atom. The monoisotopic (exact) mass is 482 g/mol. The second-order valence-electron chi connectivity index (χ2n) is 9.99. The van der Waals surface area contributed by atoms with Gasteiger partial charge in [-0.1, -0.05) is 0 Å². The number of piperidine rings is 2. The Morgan fingerprint density at radius 2 is 1.63 bits per heavy atom. The molecule has 1 atom stereocenters. The van der Waals surface area contributed by atoms with Gasteiger partial charge in [0.05, 0.1) is 23.9 Å². The zero-order valence-electron chi connectivity index (χ0n) is 20.3. The first-order valence-corrected chi connectivity index (χ1v) is 12.9. The van der Waals surface area contributed by atoms with Crippen molar-refractivity contribution in [3.05, 3.63) is 23.8 Å². The van der Waals surface area contributed by atoms with E-state index < -0.39 is 0 Å². The van der Waals surface area contributed by atoms with Gasteiger partial charge in [-0.25, -0.2) is 0 Å². The number of esters is 1. The van der Waals surface area contributed by atoms with Crippen LogP contribution >= 0.6 is 0 Å². The van der Waals surface area contributed by atoms with Crippen molar-refractivity contribution in [2.24, 2.45) is 11.8 Å². The summed E-state index contributed by atoms with van der Waals surface area (Å²) in [5, 5.41) is 2.97. The Bertz CT molecular complexity index is 1010. The summed E-state index contributed by atoms with van der Waals surface area (Å²) >= 11 is 0. The van der Waals surface area contributed by atoms with Crippen molar-refractivity contribution >= 4 is 35.1 Å². The molecule has 1 unspecified atom stereocenters. The van der Waals surface area contributed by atoms with Crippen LogP contribution < -0.4 is 10.2 Å². The van der Waals surface area contributed by atoms with E-state index in [0.29, 0.717) is 69.7 Å². The van der Waals surface area contributed by atoms with E-state index in [1.165, 1.54) is 0 Å². The molecule has 1 N–H and O–H groups in total. The van der Waals surface area contributed by atoms with Crippen LogP contribution in [-0.2, 0) is 19.1 Å². The molecule has 0 aromatic heterocycles. The molecule has 0 bridgehead atoms. The van der Waals surface area contributed by atoms with Gasteiger partial charge in [0.15, 0.2) is 0 Å². The molecule has 9 heteroatoms. The van der Waals surface area contributed by atoms with Crippen molar-refractivity contribution in [3.63, 3.8) is 0 Å². The summed E-state index contributed by atoms with van der Waals surface area (Å²) in [6.45, 7) is 5.28. The zero-order valence-corrected chi connectivity index (χ0v) is 20.3. The lowest BCUT2D eigenvalue weighted by atomic mass is 9.92. The maximum absolute atomic E-state index is 13.2. The first kappa shape index (κ1) is 23.6. The van der Waals surface area contributed by atoms with E-state index in [1.54, 1.807) is 13.0 Å². The van der Waals surface area contributed by atoms with E-state index in [9.17, 15) is 19.2 Å². The molecule has 35 heavy (non-hydrogen) atoms. The van der Waals surface area contributed by atoms with Crippen molar-refractivity contribution in [2.75, 3.05) is 49.5 Å². The first-order valence-electron chi connectivity index (χ1n) is 12.9. The average molecular weight is 483 g/mol. The quantitative estimate of drug-likeness (QED) is 0.661. The number of hydrogen-bond acceptors (Lipinski definition) is 6. The highest BCUT2D eigenvalue weighted by atomic mass is 16.5. The number of nitrogens with zero attached hydrogens (tertiary/aromatic N) is 3. The zero-order chi connectivity index (χ0) is 24.5. The summed E-state index contributed by atoms with van der Waals surface area (Å²) in [5.74, 6) is -0.286. The van der Waals surface area contributed by atoms with Crippen LogP contribution in [0.5, 0.6) is 0 Å². The topological polar surface area (TPSA) is 99.3 Å². The second kappa shape index (κ2) is 9.87. The van der Waals surface area contributed by atoms with Gasteiger partial charge in [-0.3, -0.25) is 19.2 Å². The van der Waals surface area contributed by atoms with E-state index in [-0.39, 0.29) is 41.6 Å². The molecule has 9 nitrogen and oxygen atoms in total. The van der Waals surface area contributed by atoms with Crippen LogP contribution in [0.2, 0.25) is 0 Å². The fourth-order valence-electron chi connectivity index (χ4n) is 5.93. The van der Waals surface area contributed by atoms with Gasteiger partial charge in [0.2, 0.25) is 11.8 Å². The predicted molar refractivity (Wildman–Crippen MR) is 130 cm³/mol. The first-order chi connectivity index (χ1) is 17.0. The summed E-state index contributed by atoms with van der Waals surface area (Å²) in [7, 11) is 0. The van der Waals surface area contributed by atoms with Gasteiger partial charge < -0.3 is 24.8 Å². The Kier molecular flexibility index (Phi) is 6.67. The number of rotatable bonds is 4. The Morgan fingerprint density at radius 3 is 2.34 bits per heavy atom. The molecule has 3 saturated heterocycles. The van der Waals surface area contributed by atoms with Gasteiger partial charge in [-0.15, -0.1) is 0 Å². The fraction of sp³-hybridized carbons (Fsp3) is 0.615. The standard InChI is InChI=1S/C26H34N4O5/c1-2-35-26(34)18-9-14-28(15-10-18)24(32)17-7-12-29(13-8-17)25(33)19-5-6-21-20(16-19)27-23(31)22-4-3-11-30(21)22/h5-6,16-18,22H,2-4,7-15H2,1H3,(H,27,31). The molecular weight excluding hydrogens is 448 g/mol. The minimum absolute atomic E-state index is 0.00483. The van der Waals surface area contributed by atoms with Crippen molar-refractivity contribution < 1.29 is 23.9 Å². The third-order valence-corrected chi connectivity index (χ3v) is 7.92. The molecule has 0 spiro atoms. The fourth-order valence-corrected chi connectivity index (χ4v) is 5.93. The highest BCUT2D eigenvalue weighted by molar-refractivity contribution is 6.06. The van der Waals surface area contributed by atoms with Crippen molar-refractivity contribution in [1.82, 2.24) is 9.80 Å². The van der Waals surface area contributed by atoms with Crippen LogP contribution in [0.15, 0.2) is 18.2 Å². The molecule has 4 aliphatic heterocycles. The predicted octanol–water partition coefficient (Wildman–Crippen LogP) is 2.26. The molecule has 188 valence electrons. The number of benzene rings is 1. The molecule has 4 heterocycles. The van der Waals surface area contributed by atoms with Gasteiger partial charge >= 0.3 is 5.97 Å². The molecule has 0 radical (unpaired) electrons. The number of amides is 3. The van der Waals surface area contributed by atoms with Crippen molar-refractivity contribution in [3.8, 4) is 0 Å². The molecule has 1 aromatic rings. The largest absolute Gasteiger partial charge is 0.466 e. The third kappa shape index (κ3) is 4.60. The Hall–Kier alpha value is -3.10. The maximum atomic E-state index is 13.2. The smallest absolute Gasteiger partial charge is 0.309 e. The number of likely N-dealkylation sites (tertiary alicyclic amines) is 2. The van der Waals surface area contributed by atoms with Crippen molar-refractivity contribution in [2.45, 2.75) is 51.5 Å². The van der Waals surface area contributed by atoms with E-state index in [0.717, 1.165) is 25.1 Å². The lowest BCUT2D eigenvalue weighted by Gasteiger charge is -2.37. The highest BCUT2D eigenvalue weighted by Crippen LogP contribution is 2.37. The van der Waals surface area contributed by atoms with E-state index in [1.807, 2.05) is 21.9 Å². The number of anilines is 2. The Balaban J connectivity index is 1.15. The SMILES string of the molecule is CCOC(=O)C1CCN(C(=O)C2CCN(C(=O)c3ccc4c(c3)NC(=O)C3CCCN43)CC2)CC1. The van der Waals surface area contributed by atoms with Crippen LogP contribution in [0.25, 0.3) is 0 Å². The van der Waals surface area contributed by atoms with Crippen LogP contribution in [0.1, 0.15) is 55.8 Å². The number of nitrogens with one attached hydrogen (secondary N) is 1. The van der Waals surface area contributed by atoms with Gasteiger partial charge in [0.1, 0.15) is 6.04 Å². The van der Waals surface area contributed by atoms with Crippen LogP contribution in [0, 0.1) is 11.8 Å². The summed E-state index contributed by atoms with van der Waals surface area (Å²) < 4.78 is 5.12. The van der Waals surface area contributed by atoms with Crippen LogP contribution in [0.3, 0.4) is 0 Å². The van der Waals surface area contributed by atoms with Crippen LogP contribution in [0.4, 0.5) is 11.4 Å². The molecule has 3 amide bonds. The van der Waals surface area contributed by atoms with E-state index in [2.05, 4.69) is 10.2 Å². The summed E-state index contributed by atoms with van der Waals surface area (Å²) in [6.07, 6.45) is 4.43. The summed E-state index contributed by atoms with van der Waals surface area (Å²) in [6, 6.07) is 5.47. The number of hydrogen-bond donors (Lipinski definition) is 1. The number of ether oxygens (including phenoxy) is 1. The minimum atomic E-state index is -0.159. The van der Waals surface area contributed by atoms with Gasteiger partial charge in [-0.2, -0.15) is 0 Å². The molecule has 4 aliphatic rings. The number of carbonyl (C=O) groups excluding carboxylic acids is 4. The Labute approximate surface area is 205 Å². The second-order valence-corrected chi connectivity index (χ2v) is 9.99.